The quantitative estimate of drug-likeness (QED) is 0.143. The number of rotatable bonds is 3. The minimum absolute atomic E-state index is 0.641. The number of thioether (sulfide) groups is 1. The molecule has 2 N–H and O–H groups in total. The van der Waals surface area contributed by atoms with Crippen molar-refractivity contribution in [2.45, 2.75) is 39.0 Å². The van der Waals surface area contributed by atoms with E-state index in [0.717, 1.165) is 64.4 Å². The standard InChI is InChI=1S/C38H24N4O2S.C4H8.C2H6/c39-22-23-8-7-9-25(19-16-23)45-26-20-17-24(18-21-26)40-30-13-4-1-10-27(30)33-36(40)34-28-11-2-5-14-31(28)41(43)38(34)35-29-12-3-6-15-32(29)42(44)37(33)35;1-3-4-2;1-2/h1-7,9-21,43-44H,8H2;3-4H,1-2H3;1-2H3/b;4-3-;. The molecule has 0 spiro atoms. The number of hydrogen-bond acceptors (Lipinski definition) is 4. The third-order valence-electron chi connectivity index (χ3n) is 9.16. The van der Waals surface area contributed by atoms with Crippen LogP contribution in [0.1, 0.15) is 34.1 Å². The lowest BCUT2D eigenvalue weighted by Gasteiger charge is -2.11. The van der Waals surface area contributed by atoms with Gasteiger partial charge in [0.2, 0.25) is 0 Å². The number of allylic oxidation sites excluding steroid dienone is 7. The van der Waals surface area contributed by atoms with E-state index in [9.17, 15) is 15.7 Å². The van der Waals surface area contributed by atoms with Crippen molar-refractivity contribution in [2.24, 2.45) is 0 Å². The zero-order chi connectivity index (χ0) is 35.6. The second-order valence-corrected chi connectivity index (χ2v) is 13.1. The predicted octanol–water partition coefficient (Wildman–Crippen LogP) is 12.5. The highest BCUT2D eigenvalue weighted by atomic mass is 32.2. The van der Waals surface area contributed by atoms with E-state index in [0.29, 0.717) is 28.5 Å². The third kappa shape index (κ3) is 5.45. The first-order chi connectivity index (χ1) is 25.0. The van der Waals surface area contributed by atoms with Crippen molar-refractivity contribution in [1.82, 2.24) is 14.0 Å². The van der Waals surface area contributed by atoms with Crippen molar-refractivity contribution in [2.75, 3.05) is 0 Å². The summed E-state index contributed by atoms with van der Waals surface area (Å²) in [7, 11) is 0. The maximum Gasteiger partial charge on any atom is 0.100 e. The van der Waals surface area contributed by atoms with Crippen molar-refractivity contribution in [3.8, 4) is 11.8 Å². The lowest BCUT2D eigenvalue weighted by atomic mass is 10.0. The molecule has 0 saturated heterocycles. The molecule has 1 aliphatic rings. The molecule has 0 unspecified atom stereocenters. The highest BCUT2D eigenvalue weighted by Crippen LogP contribution is 2.48. The van der Waals surface area contributed by atoms with E-state index >= 15 is 0 Å². The fraction of sp³-hybridized carbons (Fsp3) is 0.114. The van der Waals surface area contributed by atoms with Crippen molar-refractivity contribution in [1.29, 1.82) is 5.26 Å². The molecule has 0 atom stereocenters. The van der Waals surface area contributed by atoms with Crippen LogP contribution in [-0.4, -0.2) is 24.4 Å². The Balaban J connectivity index is 0.000000635. The summed E-state index contributed by atoms with van der Waals surface area (Å²) in [5.41, 5.74) is 6.36. The van der Waals surface area contributed by atoms with Gasteiger partial charge in [-0.05, 0) is 68.5 Å². The van der Waals surface area contributed by atoms with Gasteiger partial charge >= 0.3 is 0 Å². The molecule has 1 aliphatic carbocycles. The Morgan fingerprint density at radius 2 is 1.14 bits per heavy atom. The van der Waals surface area contributed by atoms with Crippen LogP contribution in [0.15, 0.2) is 149 Å². The van der Waals surface area contributed by atoms with Gasteiger partial charge in [-0.3, -0.25) is 0 Å². The number of para-hydroxylation sites is 3. The number of benzene rings is 5. The second-order valence-electron chi connectivity index (χ2n) is 11.9. The van der Waals surface area contributed by atoms with Gasteiger partial charge in [0.15, 0.2) is 0 Å². The number of hydrogen-bond donors (Lipinski definition) is 2. The summed E-state index contributed by atoms with van der Waals surface area (Å²) in [6.45, 7) is 8.00. The molecular formula is C44H38N4O2S. The van der Waals surface area contributed by atoms with Crippen LogP contribution in [-0.2, 0) is 0 Å². The maximum absolute atomic E-state index is 11.7. The smallest absolute Gasteiger partial charge is 0.100 e. The molecule has 3 heterocycles. The first-order valence-electron chi connectivity index (χ1n) is 17.2. The lowest BCUT2D eigenvalue weighted by Crippen LogP contribution is -1.96. The predicted molar refractivity (Wildman–Crippen MR) is 214 cm³/mol. The molecule has 51 heavy (non-hydrogen) atoms. The van der Waals surface area contributed by atoms with Gasteiger partial charge in [0.25, 0.3) is 0 Å². The molecule has 8 aromatic rings. The van der Waals surface area contributed by atoms with Crippen LogP contribution in [0, 0.1) is 11.3 Å². The van der Waals surface area contributed by atoms with Crippen LogP contribution in [0.5, 0.6) is 0 Å². The van der Waals surface area contributed by atoms with Gasteiger partial charge in [-0.25, -0.2) is 0 Å². The molecule has 0 fully saturated rings. The van der Waals surface area contributed by atoms with Crippen molar-refractivity contribution >= 4 is 77.2 Å². The fourth-order valence-electron chi connectivity index (χ4n) is 6.93. The van der Waals surface area contributed by atoms with Gasteiger partial charge in [0.1, 0.15) is 11.0 Å². The number of aromatic nitrogens is 3. The third-order valence-corrected chi connectivity index (χ3v) is 10.2. The highest BCUT2D eigenvalue weighted by Gasteiger charge is 2.27. The Bertz CT molecular complexity index is 2730. The first kappa shape index (κ1) is 33.4. The van der Waals surface area contributed by atoms with Crippen molar-refractivity contribution < 1.29 is 10.4 Å². The molecule has 0 bridgehead atoms. The van der Waals surface area contributed by atoms with Crippen LogP contribution >= 0.6 is 11.8 Å². The topological polar surface area (TPSA) is 79.0 Å². The molecule has 3 aromatic heterocycles. The highest BCUT2D eigenvalue weighted by molar-refractivity contribution is 8.03. The lowest BCUT2D eigenvalue weighted by molar-refractivity contribution is 0.212. The summed E-state index contributed by atoms with van der Waals surface area (Å²) >= 11 is 1.66. The molecule has 5 aromatic carbocycles. The Labute approximate surface area is 300 Å². The van der Waals surface area contributed by atoms with E-state index in [4.69, 9.17) is 0 Å². The van der Waals surface area contributed by atoms with Crippen LogP contribution in [0.3, 0.4) is 0 Å². The molecule has 252 valence electrons. The molecule has 0 saturated carbocycles. The van der Waals surface area contributed by atoms with E-state index in [2.05, 4.69) is 59.2 Å². The summed E-state index contributed by atoms with van der Waals surface area (Å²) in [6, 6.07) is 34.7. The van der Waals surface area contributed by atoms with E-state index in [1.165, 1.54) is 9.46 Å². The Morgan fingerprint density at radius 3 is 1.67 bits per heavy atom. The van der Waals surface area contributed by atoms with Gasteiger partial charge in [-0.2, -0.15) is 14.7 Å². The summed E-state index contributed by atoms with van der Waals surface area (Å²) in [5.74, 6) is 0. The van der Waals surface area contributed by atoms with Gasteiger partial charge in [-0.15, -0.1) is 0 Å². The minimum Gasteiger partial charge on any atom is -0.428 e. The molecule has 9 rings (SSSR count). The average molecular weight is 687 g/mol. The Hall–Kier alpha value is -6.10. The molecule has 6 nitrogen and oxygen atoms in total. The SMILES string of the molecule is C/C=C\C.CC.N#CC1=CC=C(Sc2ccc(-n3c4ccccc4c4c5c(c6ccccc6n5O)c5c(c6ccccc6n5O)c43)cc2)C=CC1. The maximum atomic E-state index is 11.7. The van der Waals surface area contributed by atoms with Crippen LogP contribution in [0.2, 0.25) is 0 Å². The molecular weight excluding hydrogens is 649 g/mol. The monoisotopic (exact) mass is 686 g/mol. The van der Waals surface area contributed by atoms with Crippen LogP contribution in [0.25, 0.3) is 71.1 Å². The summed E-state index contributed by atoms with van der Waals surface area (Å²) in [6.07, 6.45) is 12.6. The zero-order valence-corrected chi connectivity index (χ0v) is 29.8. The largest absolute Gasteiger partial charge is 0.428 e. The van der Waals surface area contributed by atoms with Gasteiger partial charge in [-0.1, -0.05) is 105 Å². The molecule has 7 heteroatoms. The van der Waals surface area contributed by atoms with Gasteiger partial charge in [0, 0.05) is 59.8 Å². The Morgan fingerprint density at radius 1 is 0.647 bits per heavy atom. The zero-order valence-electron chi connectivity index (χ0n) is 29.0. The van der Waals surface area contributed by atoms with Crippen molar-refractivity contribution in [3.63, 3.8) is 0 Å². The fourth-order valence-corrected chi connectivity index (χ4v) is 7.78. The summed E-state index contributed by atoms with van der Waals surface area (Å²) in [5, 5.41) is 38.2. The summed E-state index contributed by atoms with van der Waals surface area (Å²) in [4.78, 5) is 2.15. The number of nitriles is 1. The molecule has 0 amide bonds. The second kappa shape index (κ2) is 14.0. The van der Waals surface area contributed by atoms with E-state index in [1.807, 2.05) is 113 Å². The normalized spacial score (nSPS) is 12.9. The van der Waals surface area contributed by atoms with Crippen LogP contribution in [0.4, 0.5) is 0 Å². The van der Waals surface area contributed by atoms with Gasteiger partial charge in [0.05, 0.1) is 28.1 Å². The Kier molecular flexibility index (Phi) is 9.18. The first-order valence-corrected chi connectivity index (χ1v) is 18.0. The van der Waals surface area contributed by atoms with E-state index < -0.39 is 0 Å². The number of nitrogens with zero attached hydrogens (tertiary/aromatic N) is 4. The minimum atomic E-state index is 0.641. The van der Waals surface area contributed by atoms with Gasteiger partial charge < -0.3 is 15.0 Å². The van der Waals surface area contributed by atoms with Crippen LogP contribution < -0.4 is 0 Å². The summed E-state index contributed by atoms with van der Waals surface area (Å²) < 4.78 is 4.80. The average Bonchev–Trinajstić information content (AvgIpc) is 3.70. The van der Waals surface area contributed by atoms with E-state index in [1.54, 1.807) is 11.8 Å². The van der Waals surface area contributed by atoms with Crippen molar-refractivity contribution in [3.05, 3.63) is 144 Å². The number of fused-ring (bicyclic) bond motifs is 12. The van der Waals surface area contributed by atoms with E-state index in [-0.39, 0.29) is 0 Å². The molecule has 0 radical (unpaired) electrons. The molecule has 0 aliphatic heterocycles.